The van der Waals surface area contributed by atoms with Crippen molar-refractivity contribution < 1.29 is 5.11 Å². The Morgan fingerprint density at radius 2 is 1.54 bits per heavy atom. The molecule has 5 saturated carbocycles. The minimum absolute atomic E-state index is 0.0387. The van der Waals surface area contributed by atoms with Gasteiger partial charge >= 0.3 is 0 Å². The average molecular weight is 484 g/mol. The van der Waals surface area contributed by atoms with Gasteiger partial charge in [0.2, 0.25) is 0 Å². The van der Waals surface area contributed by atoms with Crippen molar-refractivity contribution in [3.05, 3.63) is 12.2 Å². The van der Waals surface area contributed by atoms with Gasteiger partial charge in [-0.2, -0.15) is 0 Å². The fraction of sp³-hybridized carbons (Fsp3) is 0.939. The Bertz CT molecular complexity index is 869. The molecular weight excluding hydrogens is 426 g/mol. The lowest BCUT2D eigenvalue weighted by Gasteiger charge is -2.73. The first-order valence-corrected chi connectivity index (χ1v) is 15.1. The summed E-state index contributed by atoms with van der Waals surface area (Å²) >= 11 is 0. The van der Waals surface area contributed by atoms with Crippen LogP contribution >= 0.6 is 0 Å². The maximum Gasteiger partial charge on any atom is 0.0594 e. The fourth-order valence-electron chi connectivity index (χ4n) is 12.5. The number of hydrogen-bond acceptors (Lipinski definition) is 2. The molecule has 5 aliphatic rings. The third-order valence-electron chi connectivity index (χ3n) is 14.0. The molecule has 0 saturated heterocycles. The van der Waals surface area contributed by atoms with Crippen LogP contribution in [0.4, 0.5) is 0 Å². The van der Waals surface area contributed by atoms with Gasteiger partial charge in [-0.15, -0.1) is 0 Å². The topological polar surface area (TPSA) is 46.2 Å². The van der Waals surface area contributed by atoms with Crippen molar-refractivity contribution in [2.45, 2.75) is 138 Å². The van der Waals surface area contributed by atoms with Crippen molar-refractivity contribution in [2.24, 2.45) is 62.4 Å². The fourth-order valence-corrected chi connectivity index (χ4v) is 12.5. The Hall–Kier alpha value is -0.340. The van der Waals surface area contributed by atoms with E-state index in [0.29, 0.717) is 33.5 Å². The van der Waals surface area contributed by atoms with Crippen LogP contribution < -0.4 is 5.73 Å². The molecular formula is C33H57NO. The molecule has 0 aromatic rings. The summed E-state index contributed by atoms with van der Waals surface area (Å²) in [5, 5.41) is 11.0. The van der Waals surface area contributed by atoms with Crippen molar-refractivity contribution >= 4 is 0 Å². The second-order valence-corrected chi connectivity index (χ2v) is 16.6. The summed E-state index contributed by atoms with van der Waals surface area (Å²) in [6.45, 7) is 24.2. The third-order valence-corrected chi connectivity index (χ3v) is 14.0. The molecule has 200 valence electrons. The molecule has 0 aliphatic heterocycles. The van der Waals surface area contributed by atoms with Crippen molar-refractivity contribution in [3.8, 4) is 0 Å². The highest BCUT2D eigenvalue weighted by Crippen LogP contribution is 2.78. The highest BCUT2D eigenvalue weighted by molar-refractivity contribution is 5.22. The highest BCUT2D eigenvalue weighted by Gasteiger charge is 2.70. The quantitative estimate of drug-likeness (QED) is 0.398. The molecule has 0 aromatic heterocycles. The summed E-state index contributed by atoms with van der Waals surface area (Å²) in [4.78, 5) is 0. The Morgan fingerprint density at radius 1 is 0.857 bits per heavy atom. The van der Waals surface area contributed by atoms with Crippen LogP contribution in [0.1, 0.15) is 126 Å². The first-order chi connectivity index (χ1) is 16.0. The van der Waals surface area contributed by atoms with E-state index in [1.54, 1.807) is 0 Å². The second-order valence-electron chi connectivity index (χ2n) is 16.6. The van der Waals surface area contributed by atoms with Crippen LogP contribution in [0.15, 0.2) is 12.2 Å². The zero-order chi connectivity index (χ0) is 25.8. The van der Waals surface area contributed by atoms with E-state index in [9.17, 15) is 5.11 Å². The molecule has 2 heteroatoms. The van der Waals surface area contributed by atoms with Crippen molar-refractivity contribution in [1.82, 2.24) is 0 Å². The van der Waals surface area contributed by atoms with E-state index in [1.807, 2.05) is 0 Å². The molecule has 1 unspecified atom stereocenters. The number of hydrogen-bond donors (Lipinski definition) is 2. The molecule has 10 atom stereocenters. The zero-order valence-electron chi connectivity index (χ0n) is 24.5. The van der Waals surface area contributed by atoms with E-state index in [1.165, 1.54) is 69.8 Å². The van der Waals surface area contributed by atoms with Gasteiger partial charge < -0.3 is 10.8 Å². The van der Waals surface area contributed by atoms with Crippen LogP contribution in [0.3, 0.4) is 0 Å². The normalized spacial score (nSPS) is 53.2. The number of allylic oxidation sites excluding steroid dienone is 1. The van der Waals surface area contributed by atoms with E-state index < -0.39 is 0 Å². The van der Waals surface area contributed by atoms with Gasteiger partial charge in [-0.1, -0.05) is 46.8 Å². The molecule has 0 bridgehead atoms. The molecule has 0 spiro atoms. The van der Waals surface area contributed by atoms with E-state index in [-0.39, 0.29) is 17.1 Å². The van der Waals surface area contributed by atoms with Crippen molar-refractivity contribution in [1.29, 1.82) is 0 Å². The van der Waals surface area contributed by atoms with Gasteiger partial charge in [0, 0.05) is 5.54 Å². The smallest absolute Gasteiger partial charge is 0.0594 e. The molecule has 0 aromatic carbocycles. The lowest BCUT2D eigenvalue weighted by Crippen LogP contribution is -2.66. The number of aliphatic hydroxyl groups is 1. The van der Waals surface area contributed by atoms with Gasteiger partial charge in [0.25, 0.3) is 0 Å². The first kappa shape index (κ1) is 26.3. The van der Waals surface area contributed by atoms with Gasteiger partial charge in [0.05, 0.1) is 6.10 Å². The molecule has 2 nitrogen and oxygen atoms in total. The van der Waals surface area contributed by atoms with E-state index >= 15 is 0 Å². The average Bonchev–Trinajstić information content (AvgIpc) is 3.09. The summed E-state index contributed by atoms with van der Waals surface area (Å²) in [5.41, 5.74) is 9.69. The van der Waals surface area contributed by atoms with E-state index in [0.717, 1.165) is 24.2 Å². The first-order valence-electron chi connectivity index (χ1n) is 15.1. The van der Waals surface area contributed by atoms with Crippen LogP contribution in [0.5, 0.6) is 0 Å². The lowest BCUT2D eigenvalue weighted by atomic mass is 9.32. The summed E-state index contributed by atoms with van der Waals surface area (Å²) < 4.78 is 0. The highest BCUT2D eigenvalue weighted by atomic mass is 16.3. The lowest BCUT2D eigenvalue weighted by molar-refractivity contribution is -0.248. The molecule has 0 amide bonds. The Balaban J connectivity index is 1.55. The second kappa shape index (κ2) is 7.84. The minimum atomic E-state index is -0.137. The SMILES string of the molecule is C=C(C)[C@@H]1CC[C@]2(CC(C)(C)N)CC[C@]3(C)[C@H](CC[C@@H]4[C@@]5(C)CCC(O)C(C)(C)[C@@H]5CC[C@]43C)[C@@H]12. The standard InChI is InChI=1S/C33H57NO/c1-21(2)22-12-17-33(20-28(3,4)34)19-18-31(8)23(27(22)33)10-11-25-30(7)15-14-26(35)29(5,6)24(30)13-16-32(25,31)9/h22-27,35H,1,10-20,34H2,2-9H3/t22-,23+,24-,25+,26?,27+,30-,31+,32+,33+/m0/s1. The van der Waals surface area contributed by atoms with Gasteiger partial charge in [-0.25, -0.2) is 0 Å². The maximum absolute atomic E-state index is 11.0. The zero-order valence-corrected chi connectivity index (χ0v) is 24.5. The molecule has 35 heavy (non-hydrogen) atoms. The van der Waals surface area contributed by atoms with Crippen LogP contribution in [0, 0.1) is 56.7 Å². The number of nitrogens with two attached hydrogens (primary N) is 1. The predicted octanol–water partition coefficient (Wildman–Crippen LogP) is 8.13. The summed E-state index contributed by atoms with van der Waals surface area (Å²) in [5.74, 6) is 3.66. The maximum atomic E-state index is 11.0. The van der Waals surface area contributed by atoms with Crippen LogP contribution in [0.2, 0.25) is 0 Å². The monoisotopic (exact) mass is 483 g/mol. The Labute approximate surface area is 217 Å². The summed E-state index contributed by atoms with van der Waals surface area (Å²) in [6.07, 6.45) is 14.1. The molecule has 5 rings (SSSR count). The van der Waals surface area contributed by atoms with Gasteiger partial charge in [0.15, 0.2) is 0 Å². The molecule has 3 N–H and O–H groups in total. The van der Waals surface area contributed by atoms with Crippen LogP contribution in [-0.2, 0) is 0 Å². The van der Waals surface area contributed by atoms with Crippen LogP contribution in [0.25, 0.3) is 0 Å². The third kappa shape index (κ3) is 3.47. The van der Waals surface area contributed by atoms with Crippen LogP contribution in [-0.4, -0.2) is 16.7 Å². The number of aliphatic hydroxyl groups excluding tert-OH is 1. The largest absolute Gasteiger partial charge is 0.393 e. The van der Waals surface area contributed by atoms with E-state index in [4.69, 9.17) is 5.73 Å². The minimum Gasteiger partial charge on any atom is -0.393 e. The van der Waals surface area contributed by atoms with Crippen molar-refractivity contribution in [2.75, 3.05) is 0 Å². The van der Waals surface area contributed by atoms with Gasteiger partial charge in [-0.05, 0) is 148 Å². The van der Waals surface area contributed by atoms with E-state index in [2.05, 4.69) is 62.0 Å². The van der Waals surface area contributed by atoms with Crippen molar-refractivity contribution in [3.63, 3.8) is 0 Å². The molecule has 5 fully saturated rings. The Kier molecular flexibility index (Phi) is 5.89. The van der Waals surface area contributed by atoms with Gasteiger partial charge in [-0.3, -0.25) is 0 Å². The Morgan fingerprint density at radius 3 is 2.17 bits per heavy atom. The number of fused-ring (bicyclic) bond motifs is 7. The summed E-state index contributed by atoms with van der Waals surface area (Å²) in [6, 6.07) is 0. The molecule has 5 aliphatic carbocycles. The molecule has 0 heterocycles. The molecule has 0 radical (unpaired) electrons. The predicted molar refractivity (Wildman–Crippen MR) is 148 cm³/mol. The van der Waals surface area contributed by atoms with Gasteiger partial charge in [0.1, 0.15) is 0 Å². The number of rotatable bonds is 3. The summed E-state index contributed by atoms with van der Waals surface area (Å²) in [7, 11) is 0.